The van der Waals surface area contributed by atoms with Gasteiger partial charge in [0, 0.05) is 10.9 Å². The number of carbonyl (C=O) groups is 1. The molecule has 2 aromatic heterocycles. The van der Waals surface area contributed by atoms with E-state index in [0.717, 1.165) is 29.7 Å². The van der Waals surface area contributed by atoms with Gasteiger partial charge in [0.2, 0.25) is 10.0 Å². The van der Waals surface area contributed by atoms with Crippen LogP contribution in [0.15, 0.2) is 36.0 Å². The van der Waals surface area contributed by atoms with Crippen molar-refractivity contribution in [3.05, 3.63) is 58.7 Å². The van der Waals surface area contributed by atoms with Gasteiger partial charge in [-0.25, -0.2) is 22.8 Å². The summed E-state index contributed by atoms with van der Waals surface area (Å²) in [5.74, 6) is -1.73. The molecule has 0 atom stereocenters. The van der Waals surface area contributed by atoms with Crippen LogP contribution in [0.4, 0.5) is 22.7 Å². The van der Waals surface area contributed by atoms with Crippen molar-refractivity contribution in [2.45, 2.75) is 30.8 Å². The number of sulfonamides is 1. The van der Waals surface area contributed by atoms with E-state index in [0.29, 0.717) is 24.7 Å². The first-order valence-corrected chi connectivity index (χ1v) is 11.9. The molecule has 0 radical (unpaired) electrons. The molecule has 174 valence electrons. The minimum atomic E-state index is -4.70. The Kier molecular flexibility index (Phi) is 6.05. The lowest BCUT2D eigenvalue weighted by Crippen LogP contribution is -2.24. The van der Waals surface area contributed by atoms with Gasteiger partial charge in [0.05, 0.1) is 41.1 Å². The van der Waals surface area contributed by atoms with E-state index in [9.17, 15) is 30.8 Å². The highest BCUT2D eigenvalue weighted by atomic mass is 32.2. The molecule has 1 amide bonds. The van der Waals surface area contributed by atoms with Crippen molar-refractivity contribution < 1.29 is 30.8 Å². The van der Waals surface area contributed by atoms with Crippen LogP contribution in [-0.2, 0) is 22.7 Å². The van der Waals surface area contributed by atoms with Gasteiger partial charge in [0.15, 0.2) is 10.8 Å². The van der Waals surface area contributed by atoms with Crippen LogP contribution < -0.4 is 10.0 Å². The van der Waals surface area contributed by atoms with Crippen LogP contribution in [0.25, 0.3) is 11.3 Å². The number of anilines is 1. The Morgan fingerprint density at radius 3 is 2.61 bits per heavy atom. The zero-order valence-electron chi connectivity index (χ0n) is 16.6. The molecule has 1 aliphatic rings. The van der Waals surface area contributed by atoms with Gasteiger partial charge < -0.3 is 5.32 Å². The van der Waals surface area contributed by atoms with E-state index in [1.165, 1.54) is 6.07 Å². The highest BCUT2D eigenvalue weighted by molar-refractivity contribution is 7.93. The van der Waals surface area contributed by atoms with Gasteiger partial charge in [0.1, 0.15) is 5.82 Å². The quantitative estimate of drug-likeness (QED) is 0.479. The third kappa shape index (κ3) is 5.45. The molecular weight excluding hydrogens is 486 g/mol. The molecule has 0 unspecified atom stereocenters. The molecule has 14 heteroatoms. The fourth-order valence-corrected chi connectivity index (χ4v) is 5.09. The molecular formula is C19H15F4N5O3S2. The Hall–Kier alpha value is -3.13. The van der Waals surface area contributed by atoms with E-state index in [1.807, 2.05) is 0 Å². The number of carbonyl (C=O) groups excluding carboxylic acids is 1. The number of rotatable bonds is 7. The lowest BCUT2D eigenvalue weighted by atomic mass is 10.1. The Morgan fingerprint density at radius 2 is 1.94 bits per heavy atom. The van der Waals surface area contributed by atoms with Gasteiger partial charge in [-0.2, -0.15) is 13.2 Å². The molecule has 0 aliphatic heterocycles. The smallest absolute Gasteiger partial charge is 0.346 e. The van der Waals surface area contributed by atoms with Crippen molar-refractivity contribution >= 4 is 32.4 Å². The Labute approximate surface area is 189 Å². The Morgan fingerprint density at radius 1 is 1.18 bits per heavy atom. The van der Waals surface area contributed by atoms with Crippen LogP contribution in [0.1, 0.15) is 34.6 Å². The maximum atomic E-state index is 14.5. The van der Waals surface area contributed by atoms with E-state index >= 15 is 0 Å². The summed E-state index contributed by atoms with van der Waals surface area (Å²) in [4.78, 5) is 23.3. The first-order valence-electron chi connectivity index (χ1n) is 9.46. The monoisotopic (exact) mass is 501 g/mol. The highest BCUT2D eigenvalue weighted by Gasteiger charge is 2.36. The van der Waals surface area contributed by atoms with Crippen LogP contribution in [0.5, 0.6) is 0 Å². The van der Waals surface area contributed by atoms with Crippen LogP contribution >= 0.6 is 11.3 Å². The molecule has 1 aromatic carbocycles. The maximum Gasteiger partial charge on any atom is 0.434 e. The van der Waals surface area contributed by atoms with Crippen molar-refractivity contribution in [2.75, 3.05) is 4.72 Å². The largest absolute Gasteiger partial charge is 0.434 e. The topological polar surface area (TPSA) is 114 Å². The predicted molar refractivity (Wildman–Crippen MR) is 111 cm³/mol. The van der Waals surface area contributed by atoms with E-state index in [2.05, 4.69) is 25.0 Å². The lowest BCUT2D eigenvalue weighted by Gasteiger charge is -2.09. The second-order valence-electron chi connectivity index (χ2n) is 7.16. The number of alkyl halides is 3. The molecule has 33 heavy (non-hydrogen) atoms. The molecule has 1 saturated carbocycles. The van der Waals surface area contributed by atoms with Crippen LogP contribution in [0, 0.1) is 5.82 Å². The normalized spacial score (nSPS) is 14.2. The number of aromatic nitrogens is 3. The van der Waals surface area contributed by atoms with Gasteiger partial charge in [-0.15, -0.1) is 11.3 Å². The Balaban J connectivity index is 1.41. The molecule has 2 heterocycles. The summed E-state index contributed by atoms with van der Waals surface area (Å²) in [6.45, 7) is -0.0826. The van der Waals surface area contributed by atoms with E-state index in [1.54, 1.807) is 5.38 Å². The predicted octanol–water partition coefficient (Wildman–Crippen LogP) is 3.59. The second-order valence-corrected chi connectivity index (χ2v) is 9.97. The number of nitrogens with zero attached hydrogens (tertiary/aromatic N) is 3. The van der Waals surface area contributed by atoms with Crippen molar-refractivity contribution in [3.8, 4) is 11.3 Å². The van der Waals surface area contributed by atoms with Crippen molar-refractivity contribution in [1.29, 1.82) is 0 Å². The molecule has 2 N–H and O–H groups in total. The van der Waals surface area contributed by atoms with Gasteiger partial charge >= 0.3 is 6.18 Å². The molecule has 0 saturated heterocycles. The summed E-state index contributed by atoms with van der Waals surface area (Å²) in [5.41, 5.74) is -1.35. The lowest BCUT2D eigenvalue weighted by molar-refractivity contribution is -0.141. The van der Waals surface area contributed by atoms with Crippen molar-refractivity contribution in [2.24, 2.45) is 0 Å². The van der Waals surface area contributed by atoms with Gasteiger partial charge in [-0.05, 0) is 25.0 Å². The summed E-state index contributed by atoms with van der Waals surface area (Å²) in [5, 5.41) is 3.78. The zero-order valence-corrected chi connectivity index (χ0v) is 18.2. The van der Waals surface area contributed by atoms with Crippen LogP contribution in [-0.4, -0.2) is 34.5 Å². The van der Waals surface area contributed by atoms with Crippen molar-refractivity contribution in [3.63, 3.8) is 0 Å². The zero-order chi connectivity index (χ0) is 23.8. The van der Waals surface area contributed by atoms with Gasteiger partial charge in [-0.1, -0.05) is 6.07 Å². The fourth-order valence-electron chi connectivity index (χ4n) is 2.78. The van der Waals surface area contributed by atoms with Gasteiger partial charge in [-0.3, -0.25) is 14.5 Å². The summed E-state index contributed by atoms with van der Waals surface area (Å²) in [7, 11) is -3.46. The number of benzene rings is 1. The number of amides is 1. The third-order valence-electron chi connectivity index (χ3n) is 4.61. The SMILES string of the molecule is O=C(NCc1csc(NS(=O)(=O)C2CC2)n1)c1ccc(-c2cncc(C(F)(F)F)n2)cc1F. The molecule has 0 spiro atoms. The van der Waals surface area contributed by atoms with Crippen LogP contribution in [0.2, 0.25) is 0 Å². The fraction of sp³-hybridized carbons (Fsp3) is 0.263. The molecule has 0 bridgehead atoms. The highest BCUT2D eigenvalue weighted by Crippen LogP contribution is 2.31. The van der Waals surface area contributed by atoms with E-state index < -0.39 is 38.9 Å². The second kappa shape index (κ2) is 8.67. The van der Waals surface area contributed by atoms with Gasteiger partial charge in [0.25, 0.3) is 5.91 Å². The molecule has 1 aliphatic carbocycles. The summed E-state index contributed by atoms with van der Waals surface area (Å²) in [6.07, 6.45) is -1.87. The number of thiazole rings is 1. The molecule has 4 rings (SSSR count). The number of halogens is 4. The van der Waals surface area contributed by atoms with E-state index in [-0.39, 0.29) is 28.5 Å². The standard InChI is InChI=1S/C19H15F4N5O3S2/c20-14-5-10(15-7-24-8-16(27-15)19(21,22)23)1-4-13(14)17(29)25-6-11-9-32-18(26-11)28-33(30,31)12-2-3-12/h1,4-5,7-9,12H,2-3,6H2,(H,25,29)(H,26,28). The molecule has 3 aromatic rings. The minimum absolute atomic E-state index is 0.0229. The average molecular weight is 501 g/mol. The number of nitrogens with one attached hydrogen (secondary N) is 2. The summed E-state index contributed by atoms with van der Waals surface area (Å²) < 4.78 is 79.2. The first-order chi connectivity index (χ1) is 15.5. The first kappa shape index (κ1) is 23.0. The summed E-state index contributed by atoms with van der Waals surface area (Å²) in [6, 6.07) is 3.28. The maximum absolute atomic E-state index is 14.5. The van der Waals surface area contributed by atoms with Crippen LogP contribution in [0.3, 0.4) is 0 Å². The Bertz CT molecular complexity index is 1310. The molecule has 1 fully saturated rings. The number of hydrogen-bond acceptors (Lipinski definition) is 7. The minimum Gasteiger partial charge on any atom is -0.346 e. The summed E-state index contributed by atoms with van der Waals surface area (Å²) >= 11 is 1.05. The molecule has 8 nitrogen and oxygen atoms in total. The van der Waals surface area contributed by atoms with Crippen molar-refractivity contribution in [1.82, 2.24) is 20.3 Å². The third-order valence-corrected chi connectivity index (χ3v) is 7.37. The number of hydrogen-bond donors (Lipinski definition) is 2. The average Bonchev–Trinajstić information content (AvgIpc) is 3.53. The van der Waals surface area contributed by atoms with E-state index in [4.69, 9.17) is 0 Å².